The number of ether oxygens (including phenoxy) is 3. The average molecular weight is 386 g/mol. The Kier molecular flexibility index (Phi) is 5.30. The predicted octanol–water partition coefficient (Wildman–Crippen LogP) is 3.27. The summed E-state index contributed by atoms with van der Waals surface area (Å²) in [6.45, 7) is 0.347. The third-order valence-corrected chi connectivity index (χ3v) is 4.43. The monoisotopic (exact) mass is 386 g/mol. The maximum absolute atomic E-state index is 12.3. The minimum absolute atomic E-state index is 0.148. The van der Waals surface area contributed by atoms with Crippen molar-refractivity contribution in [1.82, 2.24) is 5.43 Å². The summed E-state index contributed by atoms with van der Waals surface area (Å²) in [4.78, 5) is 12.3. The highest BCUT2D eigenvalue weighted by molar-refractivity contribution is 6.02. The first-order valence-electron chi connectivity index (χ1n) is 9.03. The van der Waals surface area contributed by atoms with Crippen LogP contribution in [-0.2, 0) is 11.2 Å². The van der Waals surface area contributed by atoms with E-state index in [2.05, 4.69) is 16.4 Å². The number of hydrazone groups is 1. The van der Waals surface area contributed by atoms with Crippen LogP contribution in [0.5, 0.6) is 17.2 Å². The first kappa shape index (κ1) is 18.4. The van der Waals surface area contributed by atoms with Crippen LogP contribution in [0.2, 0.25) is 0 Å². The lowest BCUT2D eigenvalue weighted by Crippen LogP contribution is -2.19. The molecule has 144 valence electrons. The molecule has 1 aliphatic heterocycles. The van der Waals surface area contributed by atoms with Gasteiger partial charge in [0.15, 0.2) is 11.5 Å². The second-order valence-electron chi connectivity index (χ2n) is 6.35. The molecule has 6 heteroatoms. The number of fused-ring (bicyclic) bond motifs is 2. The summed E-state index contributed by atoms with van der Waals surface area (Å²) >= 11 is 0. The van der Waals surface area contributed by atoms with Crippen LogP contribution in [0, 0.1) is 12.3 Å². The van der Waals surface area contributed by atoms with Crippen LogP contribution in [-0.4, -0.2) is 25.5 Å². The standard InChI is InChI=1S/C23H18N2O4/c1-2-11-27-20-10-8-17-5-3-4-6-18(17)19(20)14-24-25-23(26)13-16-7-9-21-22(12-16)29-15-28-21/h1,3-10,12,14H,11,13,15H2,(H,25,26)/b24-14-. The van der Waals surface area contributed by atoms with Crippen LogP contribution in [0.15, 0.2) is 59.7 Å². The molecular formula is C23H18N2O4. The Morgan fingerprint density at radius 1 is 1.17 bits per heavy atom. The molecule has 1 heterocycles. The molecule has 3 aromatic rings. The van der Waals surface area contributed by atoms with E-state index in [0.717, 1.165) is 21.9 Å². The lowest BCUT2D eigenvalue weighted by atomic mass is 10.0. The molecule has 0 bridgehead atoms. The highest BCUT2D eigenvalue weighted by Crippen LogP contribution is 2.32. The third kappa shape index (κ3) is 4.14. The fourth-order valence-corrected chi connectivity index (χ4v) is 3.10. The summed E-state index contributed by atoms with van der Waals surface area (Å²) in [6, 6.07) is 17.1. The quantitative estimate of drug-likeness (QED) is 0.401. The molecule has 3 aromatic carbocycles. The molecule has 6 nitrogen and oxygen atoms in total. The van der Waals surface area contributed by atoms with Gasteiger partial charge in [-0.25, -0.2) is 5.43 Å². The SMILES string of the molecule is C#CCOc1ccc2ccccc2c1/C=N\NC(=O)Cc1ccc2c(c1)OCO2. The Balaban J connectivity index is 1.49. The number of amides is 1. The van der Waals surface area contributed by atoms with Crippen LogP contribution in [0.1, 0.15) is 11.1 Å². The Hall–Kier alpha value is -3.98. The van der Waals surface area contributed by atoms with E-state index in [0.29, 0.717) is 17.2 Å². The zero-order valence-electron chi connectivity index (χ0n) is 15.6. The Bertz CT molecular complexity index is 1130. The van der Waals surface area contributed by atoms with Gasteiger partial charge in [0.05, 0.1) is 12.6 Å². The van der Waals surface area contributed by atoms with Crippen molar-refractivity contribution in [2.24, 2.45) is 5.10 Å². The average Bonchev–Trinajstić information content (AvgIpc) is 3.20. The number of nitrogens with zero attached hydrogens (tertiary/aromatic N) is 1. The van der Waals surface area contributed by atoms with E-state index in [1.807, 2.05) is 42.5 Å². The van der Waals surface area contributed by atoms with Crippen molar-refractivity contribution in [2.45, 2.75) is 6.42 Å². The van der Waals surface area contributed by atoms with Crippen molar-refractivity contribution in [3.05, 3.63) is 65.7 Å². The second-order valence-corrected chi connectivity index (χ2v) is 6.35. The van der Waals surface area contributed by atoms with Crippen molar-refractivity contribution >= 4 is 22.9 Å². The first-order valence-corrected chi connectivity index (χ1v) is 9.03. The van der Waals surface area contributed by atoms with Crippen molar-refractivity contribution in [3.8, 4) is 29.6 Å². The van der Waals surface area contributed by atoms with Crippen LogP contribution >= 0.6 is 0 Å². The minimum atomic E-state index is -0.244. The van der Waals surface area contributed by atoms with E-state index in [4.69, 9.17) is 20.6 Å². The number of hydrogen-bond donors (Lipinski definition) is 1. The van der Waals surface area contributed by atoms with Crippen molar-refractivity contribution in [2.75, 3.05) is 13.4 Å². The molecule has 0 atom stereocenters. The summed E-state index contributed by atoms with van der Waals surface area (Å²) in [7, 11) is 0. The van der Waals surface area contributed by atoms with Gasteiger partial charge in [0.2, 0.25) is 12.7 Å². The molecular weight excluding hydrogens is 368 g/mol. The highest BCUT2D eigenvalue weighted by atomic mass is 16.7. The van der Waals surface area contributed by atoms with Crippen LogP contribution < -0.4 is 19.6 Å². The van der Waals surface area contributed by atoms with Crippen molar-refractivity contribution in [3.63, 3.8) is 0 Å². The maximum atomic E-state index is 12.3. The molecule has 29 heavy (non-hydrogen) atoms. The fourth-order valence-electron chi connectivity index (χ4n) is 3.10. The summed E-state index contributed by atoms with van der Waals surface area (Å²) in [5.41, 5.74) is 4.12. The molecule has 0 fully saturated rings. The van der Waals surface area contributed by atoms with Gasteiger partial charge in [-0.05, 0) is 34.5 Å². The van der Waals surface area contributed by atoms with E-state index in [9.17, 15) is 4.79 Å². The van der Waals surface area contributed by atoms with E-state index in [1.54, 1.807) is 18.3 Å². The molecule has 1 amide bonds. The van der Waals surface area contributed by atoms with E-state index in [-0.39, 0.29) is 25.7 Å². The molecule has 0 radical (unpaired) electrons. The Morgan fingerprint density at radius 3 is 2.93 bits per heavy atom. The van der Waals surface area contributed by atoms with E-state index < -0.39 is 0 Å². The number of benzene rings is 3. The van der Waals surface area contributed by atoms with Crippen LogP contribution in [0.25, 0.3) is 10.8 Å². The minimum Gasteiger partial charge on any atom is -0.480 e. The lowest BCUT2D eigenvalue weighted by molar-refractivity contribution is -0.120. The fraction of sp³-hybridized carbons (Fsp3) is 0.130. The van der Waals surface area contributed by atoms with E-state index in [1.165, 1.54) is 0 Å². The highest BCUT2D eigenvalue weighted by Gasteiger charge is 2.14. The third-order valence-electron chi connectivity index (χ3n) is 4.43. The number of carbonyl (C=O) groups excluding carboxylic acids is 1. The Morgan fingerprint density at radius 2 is 2.03 bits per heavy atom. The predicted molar refractivity (Wildman–Crippen MR) is 110 cm³/mol. The first-order chi connectivity index (χ1) is 14.2. The smallest absolute Gasteiger partial charge is 0.244 e. The molecule has 0 spiro atoms. The summed E-state index contributed by atoms with van der Waals surface area (Å²) in [6.07, 6.45) is 7.05. The zero-order chi connectivity index (χ0) is 20.1. The number of nitrogens with one attached hydrogen (secondary N) is 1. The normalized spacial score (nSPS) is 12.1. The van der Waals surface area contributed by atoms with Gasteiger partial charge in [-0.1, -0.05) is 42.3 Å². The zero-order valence-corrected chi connectivity index (χ0v) is 15.6. The molecule has 0 unspecified atom stereocenters. The molecule has 0 saturated heterocycles. The molecule has 0 aliphatic carbocycles. The van der Waals surface area contributed by atoms with Gasteiger partial charge in [0.1, 0.15) is 12.4 Å². The number of carbonyl (C=O) groups is 1. The topological polar surface area (TPSA) is 69.2 Å². The van der Waals surface area contributed by atoms with Gasteiger partial charge in [-0.3, -0.25) is 4.79 Å². The van der Waals surface area contributed by atoms with E-state index >= 15 is 0 Å². The van der Waals surface area contributed by atoms with Crippen LogP contribution in [0.3, 0.4) is 0 Å². The number of terminal acetylenes is 1. The molecule has 0 aromatic heterocycles. The molecule has 0 saturated carbocycles. The van der Waals surface area contributed by atoms with Gasteiger partial charge in [0, 0.05) is 5.56 Å². The van der Waals surface area contributed by atoms with Gasteiger partial charge in [-0.2, -0.15) is 5.10 Å². The van der Waals surface area contributed by atoms with Crippen molar-refractivity contribution < 1.29 is 19.0 Å². The molecule has 1 aliphatic rings. The van der Waals surface area contributed by atoms with Crippen LogP contribution in [0.4, 0.5) is 0 Å². The summed E-state index contributed by atoms with van der Waals surface area (Å²) in [5.74, 6) is 4.14. The van der Waals surface area contributed by atoms with Gasteiger partial charge >= 0.3 is 0 Å². The van der Waals surface area contributed by atoms with Gasteiger partial charge < -0.3 is 14.2 Å². The molecule has 1 N–H and O–H groups in total. The molecule has 4 rings (SSSR count). The van der Waals surface area contributed by atoms with Gasteiger partial charge in [-0.15, -0.1) is 6.42 Å². The lowest BCUT2D eigenvalue weighted by Gasteiger charge is -2.10. The summed E-state index contributed by atoms with van der Waals surface area (Å²) < 4.78 is 16.2. The number of hydrogen-bond acceptors (Lipinski definition) is 5. The van der Waals surface area contributed by atoms with Crippen molar-refractivity contribution in [1.29, 1.82) is 0 Å². The second kappa shape index (κ2) is 8.36. The number of rotatable bonds is 6. The maximum Gasteiger partial charge on any atom is 0.244 e. The summed E-state index contributed by atoms with van der Waals surface area (Å²) in [5, 5.41) is 6.11. The largest absolute Gasteiger partial charge is 0.480 e. The van der Waals surface area contributed by atoms with Gasteiger partial charge in [0.25, 0.3) is 0 Å². The Labute approximate surface area is 168 Å².